The summed E-state index contributed by atoms with van der Waals surface area (Å²) in [5, 5.41) is 0. The molecule has 0 aromatic heterocycles. The van der Waals surface area contributed by atoms with Gasteiger partial charge in [0.2, 0.25) is 15.9 Å². The van der Waals surface area contributed by atoms with Crippen LogP contribution in [-0.2, 0) is 21.2 Å². The van der Waals surface area contributed by atoms with Gasteiger partial charge in [0.05, 0.1) is 19.1 Å². The van der Waals surface area contributed by atoms with E-state index in [9.17, 15) is 13.2 Å². The fourth-order valence-corrected chi connectivity index (χ4v) is 4.07. The third kappa shape index (κ3) is 3.67. The number of nitrogens with zero attached hydrogens (tertiary/aromatic N) is 2. The van der Waals surface area contributed by atoms with Gasteiger partial charge >= 0.3 is 0 Å². The first-order chi connectivity index (χ1) is 12.4. The molecule has 1 heterocycles. The van der Waals surface area contributed by atoms with Crippen LogP contribution in [0.1, 0.15) is 12.0 Å². The molecule has 6 nitrogen and oxygen atoms in total. The number of hydrogen-bond donors (Lipinski definition) is 0. The maximum Gasteiger partial charge on any atom is 0.247 e. The zero-order valence-corrected chi connectivity index (χ0v) is 15.7. The van der Waals surface area contributed by atoms with Crippen LogP contribution in [0.5, 0.6) is 5.75 Å². The number of benzene rings is 2. The number of ether oxygens (including phenoxy) is 1. The molecule has 26 heavy (non-hydrogen) atoms. The molecule has 1 amide bonds. The van der Waals surface area contributed by atoms with Crippen LogP contribution >= 0.6 is 0 Å². The van der Waals surface area contributed by atoms with Crippen molar-refractivity contribution in [3.63, 3.8) is 0 Å². The summed E-state index contributed by atoms with van der Waals surface area (Å²) in [6.45, 7) is 0.312. The van der Waals surface area contributed by atoms with Crippen LogP contribution in [-0.4, -0.2) is 40.8 Å². The molecule has 0 unspecified atom stereocenters. The van der Waals surface area contributed by atoms with Crippen molar-refractivity contribution in [2.24, 2.45) is 0 Å². The maximum absolute atomic E-state index is 13.0. The number of carbonyl (C=O) groups is 1. The lowest BCUT2D eigenvalue weighted by atomic mass is 10.0. The Hall–Kier alpha value is -2.54. The Morgan fingerprint density at radius 1 is 1.15 bits per heavy atom. The number of fused-ring (bicyclic) bond motifs is 1. The predicted molar refractivity (Wildman–Crippen MR) is 102 cm³/mol. The van der Waals surface area contributed by atoms with Gasteiger partial charge in [0.1, 0.15) is 12.3 Å². The second-order valence-corrected chi connectivity index (χ2v) is 8.13. The van der Waals surface area contributed by atoms with Gasteiger partial charge in [-0.3, -0.25) is 9.10 Å². The SMILES string of the molecule is COc1ccccc1N(CC(=O)N1CCCc2ccccc21)S(C)(=O)=O. The Balaban J connectivity index is 1.93. The summed E-state index contributed by atoms with van der Waals surface area (Å²) < 4.78 is 31.1. The van der Waals surface area contributed by atoms with E-state index in [1.54, 1.807) is 29.2 Å². The molecule has 3 rings (SSSR count). The van der Waals surface area contributed by atoms with Gasteiger partial charge in [-0.1, -0.05) is 30.3 Å². The van der Waals surface area contributed by atoms with Crippen LogP contribution in [0.25, 0.3) is 0 Å². The number of sulfonamides is 1. The Morgan fingerprint density at radius 3 is 2.58 bits per heavy atom. The van der Waals surface area contributed by atoms with E-state index in [-0.39, 0.29) is 12.5 Å². The van der Waals surface area contributed by atoms with Gasteiger partial charge in [0, 0.05) is 12.2 Å². The first kappa shape index (κ1) is 18.3. The van der Waals surface area contributed by atoms with Crippen LogP contribution in [0.15, 0.2) is 48.5 Å². The highest BCUT2D eigenvalue weighted by atomic mass is 32.2. The second kappa shape index (κ2) is 7.37. The Morgan fingerprint density at radius 2 is 1.85 bits per heavy atom. The van der Waals surface area contributed by atoms with E-state index >= 15 is 0 Å². The molecule has 1 aliphatic heterocycles. The lowest BCUT2D eigenvalue weighted by Gasteiger charge is -2.32. The Bertz CT molecular complexity index is 911. The fourth-order valence-electron chi connectivity index (χ4n) is 3.22. The lowest BCUT2D eigenvalue weighted by molar-refractivity contribution is -0.117. The number of hydrogen-bond acceptors (Lipinski definition) is 4. The second-order valence-electron chi connectivity index (χ2n) is 6.22. The minimum absolute atomic E-state index is 0.256. The molecule has 1 aliphatic rings. The quantitative estimate of drug-likeness (QED) is 0.806. The fraction of sp³-hybridized carbons (Fsp3) is 0.316. The van der Waals surface area contributed by atoms with Crippen LogP contribution in [0, 0.1) is 0 Å². The van der Waals surface area contributed by atoms with Crippen LogP contribution in [0.4, 0.5) is 11.4 Å². The number of para-hydroxylation sites is 3. The summed E-state index contributed by atoms with van der Waals surface area (Å²) in [6.07, 6.45) is 2.87. The summed E-state index contributed by atoms with van der Waals surface area (Å²) >= 11 is 0. The molecule has 0 N–H and O–H groups in total. The average Bonchev–Trinajstić information content (AvgIpc) is 2.64. The topological polar surface area (TPSA) is 66.9 Å². The van der Waals surface area contributed by atoms with Gasteiger partial charge in [-0.25, -0.2) is 8.42 Å². The third-order valence-corrected chi connectivity index (χ3v) is 5.57. The minimum Gasteiger partial charge on any atom is -0.495 e. The summed E-state index contributed by atoms with van der Waals surface area (Å²) in [7, 11) is -2.18. The van der Waals surface area contributed by atoms with E-state index in [0.29, 0.717) is 18.0 Å². The zero-order chi connectivity index (χ0) is 18.7. The van der Waals surface area contributed by atoms with E-state index in [4.69, 9.17) is 4.74 Å². The van der Waals surface area contributed by atoms with Crippen molar-refractivity contribution in [3.8, 4) is 5.75 Å². The van der Waals surface area contributed by atoms with Crippen LogP contribution in [0.3, 0.4) is 0 Å². The van der Waals surface area contributed by atoms with Crippen molar-refractivity contribution in [2.45, 2.75) is 12.8 Å². The molecule has 0 fully saturated rings. The molecule has 2 aromatic carbocycles. The smallest absolute Gasteiger partial charge is 0.247 e. The van der Waals surface area contributed by atoms with Gasteiger partial charge in [0.15, 0.2) is 0 Å². The normalized spacial score (nSPS) is 13.8. The van der Waals surface area contributed by atoms with Crippen molar-refractivity contribution in [1.29, 1.82) is 0 Å². The highest BCUT2D eigenvalue weighted by molar-refractivity contribution is 7.92. The highest BCUT2D eigenvalue weighted by Crippen LogP contribution is 2.31. The summed E-state index contributed by atoms with van der Waals surface area (Å²) in [5.41, 5.74) is 2.32. The number of methoxy groups -OCH3 is 1. The van der Waals surface area contributed by atoms with Crippen molar-refractivity contribution in [1.82, 2.24) is 0 Å². The maximum atomic E-state index is 13.0. The van der Waals surface area contributed by atoms with E-state index in [2.05, 4.69) is 0 Å². The van der Waals surface area contributed by atoms with Crippen molar-refractivity contribution < 1.29 is 17.9 Å². The van der Waals surface area contributed by atoms with Gasteiger partial charge in [-0.2, -0.15) is 0 Å². The minimum atomic E-state index is -3.66. The van der Waals surface area contributed by atoms with Crippen molar-refractivity contribution >= 4 is 27.3 Å². The van der Waals surface area contributed by atoms with E-state index in [1.807, 2.05) is 24.3 Å². The first-order valence-corrected chi connectivity index (χ1v) is 10.3. The summed E-state index contributed by atoms with van der Waals surface area (Å²) in [4.78, 5) is 14.6. The molecule has 0 bridgehead atoms. The Kier molecular flexibility index (Phi) is 5.18. The van der Waals surface area contributed by atoms with Crippen LogP contribution in [0.2, 0.25) is 0 Å². The predicted octanol–water partition coefficient (Wildman–Crippen LogP) is 2.44. The van der Waals surface area contributed by atoms with E-state index < -0.39 is 10.0 Å². The van der Waals surface area contributed by atoms with Gasteiger partial charge in [-0.05, 0) is 36.6 Å². The van der Waals surface area contributed by atoms with Gasteiger partial charge in [-0.15, -0.1) is 0 Å². The standard InChI is InChI=1S/C19H22N2O4S/c1-25-18-12-6-5-11-17(18)21(26(2,23)24)14-19(22)20-13-7-9-15-8-3-4-10-16(15)20/h3-6,8,10-12H,7,9,13-14H2,1-2H3. The molecule has 0 saturated carbocycles. The molecule has 7 heteroatoms. The number of rotatable bonds is 5. The molecule has 0 saturated heterocycles. The largest absolute Gasteiger partial charge is 0.495 e. The molecular weight excluding hydrogens is 352 g/mol. The lowest BCUT2D eigenvalue weighted by Crippen LogP contribution is -2.44. The monoisotopic (exact) mass is 374 g/mol. The van der Waals surface area contributed by atoms with E-state index in [0.717, 1.165) is 34.7 Å². The zero-order valence-electron chi connectivity index (χ0n) is 14.9. The first-order valence-electron chi connectivity index (χ1n) is 8.41. The van der Waals surface area contributed by atoms with Crippen molar-refractivity contribution in [2.75, 3.05) is 35.7 Å². The average molecular weight is 374 g/mol. The number of carbonyl (C=O) groups excluding carboxylic acids is 1. The van der Waals surface area contributed by atoms with Crippen molar-refractivity contribution in [3.05, 3.63) is 54.1 Å². The molecule has 0 spiro atoms. The van der Waals surface area contributed by atoms with E-state index in [1.165, 1.54) is 7.11 Å². The number of aryl methyl sites for hydroxylation is 1. The molecule has 0 radical (unpaired) electrons. The van der Waals surface area contributed by atoms with Gasteiger partial charge in [0.25, 0.3) is 0 Å². The Labute approximate surface area is 154 Å². The molecule has 2 aromatic rings. The number of amides is 1. The van der Waals surface area contributed by atoms with Crippen LogP contribution < -0.4 is 13.9 Å². The molecule has 138 valence electrons. The van der Waals surface area contributed by atoms with Gasteiger partial charge < -0.3 is 9.64 Å². The molecule has 0 atom stereocenters. The summed E-state index contributed by atoms with van der Waals surface area (Å²) in [5.74, 6) is 0.151. The number of anilines is 2. The highest BCUT2D eigenvalue weighted by Gasteiger charge is 2.28. The third-order valence-electron chi connectivity index (χ3n) is 4.44. The summed E-state index contributed by atoms with van der Waals surface area (Å²) in [6, 6.07) is 14.5. The molecular formula is C19H22N2O4S. The molecule has 0 aliphatic carbocycles.